The zero-order chi connectivity index (χ0) is 15.8. The summed E-state index contributed by atoms with van der Waals surface area (Å²) >= 11 is 0. The minimum absolute atomic E-state index is 0.704. The topological polar surface area (TPSA) is 48.9 Å². The highest BCUT2D eigenvalue weighted by Crippen LogP contribution is 2.17. The summed E-state index contributed by atoms with van der Waals surface area (Å²) in [5.41, 5.74) is 1.13. The molecule has 1 atom stereocenters. The number of methoxy groups -OCH3 is 1. The molecule has 1 aliphatic rings. The summed E-state index contributed by atoms with van der Waals surface area (Å²) in [6.45, 7) is 7.46. The number of likely N-dealkylation sites (tertiary alicyclic amines) is 1. The van der Waals surface area contributed by atoms with Crippen LogP contribution in [-0.2, 0) is 6.54 Å². The summed E-state index contributed by atoms with van der Waals surface area (Å²) in [4.78, 5) is 6.80. The van der Waals surface area contributed by atoms with Crippen molar-refractivity contribution < 1.29 is 4.74 Å². The maximum atomic E-state index is 5.37. The van der Waals surface area contributed by atoms with Gasteiger partial charge < -0.3 is 20.3 Å². The third-order valence-electron chi connectivity index (χ3n) is 4.24. The largest absolute Gasteiger partial charge is 0.496 e. The summed E-state index contributed by atoms with van der Waals surface area (Å²) < 4.78 is 5.37. The summed E-state index contributed by atoms with van der Waals surface area (Å²) in [5, 5.41) is 6.79. The van der Waals surface area contributed by atoms with Crippen molar-refractivity contribution in [2.75, 3.05) is 40.3 Å². The van der Waals surface area contributed by atoms with E-state index in [0.717, 1.165) is 30.4 Å². The first-order chi connectivity index (χ1) is 10.8. The molecule has 122 valence electrons. The van der Waals surface area contributed by atoms with E-state index in [9.17, 15) is 0 Å². The number of rotatable bonds is 6. The Bertz CT molecular complexity index is 489. The molecule has 0 radical (unpaired) electrons. The molecule has 1 aromatic rings. The SMILES string of the molecule is CCN1CCC(CNC(=NC)NCc2ccccc2OC)C1. The van der Waals surface area contributed by atoms with Gasteiger partial charge in [0, 0.05) is 32.2 Å². The molecule has 1 saturated heterocycles. The molecule has 1 heterocycles. The fourth-order valence-electron chi connectivity index (χ4n) is 2.86. The molecule has 0 saturated carbocycles. The van der Waals surface area contributed by atoms with Crippen LogP contribution < -0.4 is 15.4 Å². The molecule has 2 N–H and O–H groups in total. The maximum Gasteiger partial charge on any atom is 0.191 e. The predicted molar refractivity (Wildman–Crippen MR) is 91.4 cm³/mol. The van der Waals surface area contributed by atoms with Crippen molar-refractivity contribution >= 4 is 5.96 Å². The monoisotopic (exact) mass is 304 g/mol. The number of nitrogens with one attached hydrogen (secondary N) is 2. The molecule has 0 bridgehead atoms. The quantitative estimate of drug-likeness (QED) is 0.620. The van der Waals surface area contributed by atoms with Gasteiger partial charge in [-0.1, -0.05) is 25.1 Å². The van der Waals surface area contributed by atoms with Gasteiger partial charge in [-0.05, 0) is 31.5 Å². The number of hydrogen-bond acceptors (Lipinski definition) is 3. The van der Waals surface area contributed by atoms with Crippen molar-refractivity contribution in [3.05, 3.63) is 29.8 Å². The lowest BCUT2D eigenvalue weighted by molar-refractivity contribution is 0.342. The van der Waals surface area contributed by atoms with Gasteiger partial charge in [-0.3, -0.25) is 4.99 Å². The van der Waals surface area contributed by atoms with Crippen LogP contribution in [0.1, 0.15) is 18.9 Å². The number of ether oxygens (including phenoxy) is 1. The minimum atomic E-state index is 0.704. The van der Waals surface area contributed by atoms with Crippen molar-refractivity contribution in [1.82, 2.24) is 15.5 Å². The van der Waals surface area contributed by atoms with Gasteiger partial charge in [0.25, 0.3) is 0 Å². The molecule has 0 spiro atoms. The molecule has 1 unspecified atom stereocenters. The maximum absolute atomic E-state index is 5.37. The number of guanidine groups is 1. The Kier molecular flexibility index (Phi) is 6.52. The molecule has 5 heteroatoms. The van der Waals surface area contributed by atoms with Crippen molar-refractivity contribution in [3.8, 4) is 5.75 Å². The van der Waals surface area contributed by atoms with Crippen molar-refractivity contribution in [3.63, 3.8) is 0 Å². The van der Waals surface area contributed by atoms with Gasteiger partial charge in [-0.25, -0.2) is 0 Å². The average Bonchev–Trinajstić information content (AvgIpc) is 3.03. The van der Waals surface area contributed by atoms with Crippen LogP contribution in [0.25, 0.3) is 0 Å². The normalized spacial score (nSPS) is 19.2. The van der Waals surface area contributed by atoms with Crippen molar-refractivity contribution in [1.29, 1.82) is 0 Å². The molecule has 5 nitrogen and oxygen atoms in total. The van der Waals surface area contributed by atoms with Gasteiger partial charge >= 0.3 is 0 Å². The van der Waals surface area contributed by atoms with E-state index in [2.05, 4.69) is 33.5 Å². The van der Waals surface area contributed by atoms with Gasteiger partial charge in [0.05, 0.1) is 7.11 Å². The van der Waals surface area contributed by atoms with E-state index >= 15 is 0 Å². The van der Waals surface area contributed by atoms with E-state index in [1.54, 1.807) is 7.11 Å². The summed E-state index contributed by atoms with van der Waals surface area (Å²) in [6, 6.07) is 8.04. The van der Waals surface area contributed by atoms with Crippen LogP contribution in [0, 0.1) is 5.92 Å². The highest BCUT2D eigenvalue weighted by Gasteiger charge is 2.20. The van der Waals surface area contributed by atoms with Crippen LogP contribution >= 0.6 is 0 Å². The Balaban J connectivity index is 1.78. The first-order valence-electron chi connectivity index (χ1n) is 8.05. The van der Waals surface area contributed by atoms with Gasteiger partial charge in [-0.2, -0.15) is 0 Å². The second-order valence-corrected chi connectivity index (χ2v) is 5.67. The molecule has 0 amide bonds. The van der Waals surface area contributed by atoms with Gasteiger partial charge in [0.15, 0.2) is 5.96 Å². The molecule has 22 heavy (non-hydrogen) atoms. The summed E-state index contributed by atoms with van der Waals surface area (Å²) in [7, 11) is 3.51. The number of para-hydroxylation sites is 1. The molecular weight excluding hydrogens is 276 g/mol. The Morgan fingerprint density at radius 1 is 1.36 bits per heavy atom. The van der Waals surface area contributed by atoms with Gasteiger partial charge in [0.1, 0.15) is 5.75 Å². The Labute approximate surface area is 133 Å². The number of benzene rings is 1. The summed E-state index contributed by atoms with van der Waals surface area (Å²) in [6.07, 6.45) is 1.27. The van der Waals surface area contributed by atoms with E-state index in [1.807, 2.05) is 25.2 Å². The molecule has 1 aliphatic heterocycles. The Morgan fingerprint density at radius 2 is 2.18 bits per heavy atom. The highest BCUT2D eigenvalue weighted by molar-refractivity contribution is 5.79. The van der Waals surface area contributed by atoms with E-state index in [1.165, 1.54) is 19.5 Å². The Morgan fingerprint density at radius 3 is 2.86 bits per heavy atom. The van der Waals surface area contributed by atoms with E-state index in [0.29, 0.717) is 12.5 Å². The van der Waals surface area contributed by atoms with Crippen LogP contribution in [0.4, 0.5) is 0 Å². The van der Waals surface area contributed by atoms with Crippen molar-refractivity contribution in [2.24, 2.45) is 10.9 Å². The third-order valence-corrected chi connectivity index (χ3v) is 4.24. The molecular formula is C17H28N4O. The summed E-state index contributed by atoms with van der Waals surface area (Å²) in [5.74, 6) is 2.46. The van der Waals surface area contributed by atoms with Crippen molar-refractivity contribution in [2.45, 2.75) is 19.9 Å². The average molecular weight is 304 g/mol. The standard InChI is InChI=1S/C17H28N4O/c1-4-21-10-9-14(13-21)11-19-17(18-2)20-12-15-7-5-6-8-16(15)22-3/h5-8,14H,4,9-13H2,1-3H3,(H2,18,19,20). The van der Waals surface area contributed by atoms with Gasteiger partial charge in [-0.15, -0.1) is 0 Å². The Hall–Kier alpha value is -1.75. The number of aliphatic imine (C=N–C) groups is 1. The first kappa shape index (κ1) is 16.6. The lowest BCUT2D eigenvalue weighted by Gasteiger charge is -2.17. The van der Waals surface area contributed by atoms with Crippen LogP contribution in [-0.4, -0.2) is 51.2 Å². The lowest BCUT2D eigenvalue weighted by atomic mass is 10.1. The molecule has 1 aromatic carbocycles. The smallest absolute Gasteiger partial charge is 0.191 e. The van der Waals surface area contributed by atoms with E-state index in [-0.39, 0.29) is 0 Å². The predicted octanol–water partition coefficient (Wildman–Crippen LogP) is 1.70. The molecule has 2 rings (SSSR count). The second-order valence-electron chi connectivity index (χ2n) is 5.67. The third kappa shape index (κ3) is 4.63. The highest BCUT2D eigenvalue weighted by atomic mass is 16.5. The first-order valence-corrected chi connectivity index (χ1v) is 8.05. The fraction of sp³-hybridized carbons (Fsp3) is 0.588. The van der Waals surface area contributed by atoms with E-state index in [4.69, 9.17) is 4.74 Å². The molecule has 1 fully saturated rings. The molecule has 0 aromatic heterocycles. The van der Waals surface area contributed by atoms with E-state index < -0.39 is 0 Å². The zero-order valence-electron chi connectivity index (χ0n) is 13.9. The second kappa shape index (κ2) is 8.63. The molecule has 0 aliphatic carbocycles. The van der Waals surface area contributed by atoms with Gasteiger partial charge in [0.2, 0.25) is 0 Å². The number of hydrogen-bond donors (Lipinski definition) is 2. The minimum Gasteiger partial charge on any atom is -0.496 e. The lowest BCUT2D eigenvalue weighted by Crippen LogP contribution is -2.40. The van der Waals surface area contributed by atoms with Crippen LogP contribution in [0.3, 0.4) is 0 Å². The zero-order valence-corrected chi connectivity index (χ0v) is 13.9. The number of nitrogens with zero attached hydrogens (tertiary/aromatic N) is 2. The van der Waals surface area contributed by atoms with Crippen LogP contribution in [0.15, 0.2) is 29.3 Å². The van der Waals surface area contributed by atoms with Crippen LogP contribution in [0.2, 0.25) is 0 Å². The van der Waals surface area contributed by atoms with Crippen LogP contribution in [0.5, 0.6) is 5.75 Å². The fourth-order valence-corrected chi connectivity index (χ4v) is 2.86.